The summed E-state index contributed by atoms with van der Waals surface area (Å²) in [5.74, 6) is -2.89. The van der Waals surface area contributed by atoms with Gasteiger partial charge < -0.3 is 53.2 Å². The number of nitrogens with two attached hydrogens (primary N) is 1. The molecule has 68 heavy (non-hydrogen) atoms. The molecular weight excluding hydrogens is 922 g/mol. The first kappa shape index (κ1) is 53.1. The number of aliphatic hydroxyl groups is 2. The summed E-state index contributed by atoms with van der Waals surface area (Å²) in [6.45, 7) is 15.6. The average Bonchev–Trinajstić information content (AvgIpc) is 3.89. The zero-order valence-electron chi connectivity index (χ0n) is 38.9. The number of nitrogen functional groups attached to an aromatic ring is 1. The van der Waals surface area contributed by atoms with Crippen molar-refractivity contribution in [3.05, 3.63) is 35.0 Å². The maximum absolute atomic E-state index is 14.0. The largest absolute Gasteiger partial charge is 0.474 e. The second kappa shape index (κ2) is 20.0. The quantitative estimate of drug-likeness (QED) is 0.154. The van der Waals surface area contributed by atoms with Crippen molar-refractivity contribution in [1.82, 2.24) is 30.4 Å². The van der Waals surface area contributed by atoms with Crippen LogP contribution in [-0.2, 0) is 30.1 Å². The summed E-state index contributed by atoms with van der Waals surface area (Å²) < 4.78 is 126. The number of carbonyl (C=O) groups excluding carboxylic acids is 2. The third-order valence-corrected chi connectivity index (χ3v) is 9.82. The number of halogens is 6. The molecule has 0 fully saturated rings. The standard InChI is InChI=1S/C26H35F3N4O8.C16H19F3N4O4/c1-14-13-16(33(21(34)40-23(3,4)5)22(35)41-24(6,7)8)17-19-31-32-20(39-19)25(36,26(27,28)29)10-12-37-11-9-15(2)38-18(14)30-17;1-8-7-10(20)11-13-22-23-14(27-13)15(24,16(17,18)19)4-6-25-5-3-9(2)26-12(8)21-11/h13,15,36H,9-12H2,1-8H3;7,9,24H,3-6,20H2,1-2H3/t15-,25?;9-,15?/m11/s1. The van der Waals surface area contributed by atoms with Crippen LogP contribution in [0.3, 0.4) is 0 Å². The highest BCUT2D eigenvalue weighted by atomic mass is 19.4. The first-order valence-electron chi connectivity index (χ1n) is 21.1. The number of alkyl halides is 6. The van der Waals surface area contributed by atoms with Gasteiger partial charge >= 0.3 is 24.5 Å². The maximum Gasteiger partial charge on any atom is 0.426 e. The number of aryl methyl sites for hydroxylation is 2. The van der Waals surface area contributed by atoms with E-state index in [0.717, 1.165) is 0 Å². The third kappa shape index (κ3) is 12.4. The van der Waals surface area contributed by atoms with Gasteiger partial charge in [-0.2, -0.15) is 31.2 Å². The third-order valence-electron chi connectivity index (χ3n) is 9.82. The monoisotopic (exact) mass is 976 g/mol. The van der Waals surface area contributed by atoms with Gasteiger partial charge in [0.2, 0.25) is 23.0 Å². The molecule has 2 amide bonds. The van der Waals surface area contributed by atoms with Crippen LogP contribution >= 0.6 is 0 Å². The summed E-state index contributed by atoms with van der Waals surface area (Å²) in [5, 5.41) is 35.0. The van der Waals surface area contributed by atoms with Gasteiger partial charge in [0.1, 0.15) is 11.2 Å². The van der Waals surface area contributed by atoms with Crippen molar-refractivity contribution in [2.24, 2.45) is 0 Å². The Labute approximate surface area is 385 Å². The Morgan fingerprint density at radius 2 is 1.07 bits per heavy atom. The highest BCUT2D eigenvalue weighted by Crippen LogP contribution is 2.44. The molecule has 4 N–H and O–H groups in total. The fourth-order valence-corrected chi connectivity index (χ4v) is 6.18. The molecule has 0 aromatic carbocycles. The number of hydrogen-bond donors (Lipinski definition) is 3. The highest BCUT2D eigenvalue weighted by molar-refractivity contribution is 6.11. The Morgan fingerprint density at radius 3 is 1.49 bits per heavy atom. The Balaban J connectivity index is 0.000000276. The molecule has 6 rings (SSSR count). The van der Waals surface area contributed by atoms with Gasteiger partial charge in [-0.05, 0) is 81.4 Å². The van der Waals surface area contributed by atoms with Gasteiger partial charge in [0.15, 0.2) is 11.4 Å². The zero-order chi connectivity index (χ0) is 50.8. The first-order chi connectivity index (χ1) is 31.3. The molecule has 0 radical (unpaired) electrons. The van der Waals surface area contributed by atoms with E-state index in [0.29, 0.717) is 22.4 Å². The molecule has 6 heterocycles. The predicted octanol–water partition coefficient (Wildman–Crippen LogP) is 7.79. The Morgan fingerprint density at radius 1 is 0.676 bits per heavy atom. The van der Waals surface area contributed by atoms with Crippen LogP contribution in [0.4, 0.5) is 47.3 Å². The van der Waals surface area contributed by atoms with Gasteiger partial charge in [-0.3, -0.25) is 0 Å². The van der Waals surface area contributed by atoms with E-state index in [1.54, 1.807) is 75.3 Å². The van der Waals surface area contributed by atoms with Gasteiger partial charge in [-0.25, -0.2) is 19.6 Å². The van der Waals surface area contributed by atoms with Crippen molar-refractivity contribution in [1.29, 1.82) is 0 Å². The molecule has 376 valence electrons. The smallest absolute Gasteiger partial charge is 0.426 e. The lowest BCUT2D eigenvalue weighted by Gasteiger charge is -2.29. The number of imide groups is 1. The molecule has 26 heteroatoms. The summed E-state index contributed by atoms with van der Waals surface area (Å²) in [7, 11) is 0. The number of amides is 2. The normalized spacial score (nSPS) is 21.9. The summed E-state index contributed by atoms with van der Waals surface area (Å²) in [4.78, 5) is 35.8. The molecule has 0 saturated carbocycles. The second-order valence-corrected chi connectivity index (χ2v) is 18.0. The zero-order valence-corrected chi connectivity index (χ0v) is 38.9. The minimum Gasteiger partial charge on any atom is -0.474 e. The van der Waals surface area contributed by atoms with Gasteiger partial charge in [-0.15, -0.1) is 20.4 Å². The fraction of sp³-hybridized carbons (Fsp3) is 0.619. The molecule has 2 aliphatic heterocycles. The molecule has 8 bridgehead atoms. The molecule has 4 aromatic rings. The number of carbonyl (C=O) groups is 2. The summed E-state index contributed by atoms with van der Waals surface area (Å²) in [6.07, 6.45) is -14.4. The van der Waals surface area contributed by atoms with Crippen LogP contribution in [0, 0.1) is 13.8 Å². The van der Waals surface area contributed by atoms with E-state index in [4.69, 9.17) is 43.0 Å². The molecular formula is C42H54F6N8O12. The van der Waals surface area contributed by atoms with Crippen LogP contribution in [-0.4, -0.2) is 115 Å². The molecule has 2 aliphatic rings. The number of pyridine rings is 2. The van der Waals surface area contributed by atoms with E-state index in [9.17, 15) is 46.1 Å². The Bertz CT molecular complexity index is 2390. The van der Waals surface area contributed by atoms with Crippen molar-refractivity contribution in [3.63, 3.8) is 0 Å². The Hall–Kier alpha value is -5.86. The van der Waals surface area contributed by atoms with Crippen molar-refractivity contribution in [2.45, 2.75) is 142 Å². The second-order valence-electron chi connectivity index (χ2n) is 18.0. The molecule has 20 nitrogen and oxygen atoms in total. The molecule has 4 atom stereocenters. The van der Waals surface area contributed by atoms with Gasteiger partial charge in [0.25, 0.3) is 23.6 Å². The van der Waals surface area contributed by atoms with E-state index in [1.165, 1.54) is 6.07 Å². The van der Waals surface area contributed by atoms with Crippen LogP contribution < -0.4 is 20.1 Å². The Kier molecular flexibility index (Phi) is 15.6. The van der Waals surface area contributed by atoms with Crippen LogP contribution in [0.15, 0.2) is 21.0 Å². The van der Waals surface area contributed by atoms with Crippen LogP contribution in [0.25, 0.3) is 23.2 Å². The lowest BCUT2D eigenvalue weighted by molar-refractivity contribution is -0.280. The fourth-order valence-electron chi connectivity index (χ4n) is 6.18. The molecule has 2 unspecified atom stereocenters. The van der Waals surface area contributed by atoms with Crippen LogP contribution in [0.2, 0.25) is 0 Å². The first-order valence-corrected chi connectivity index (χ1v) is 21.1. The molecule has 0 spiro atoms. The number of anilines is 2. The number of fused-ring (bicyclic) bond motifs is 10. The van der Waals surface area contributed by atoms with Crippen molar-refractivity contribution < 1.29 is 83.4 Å². The highest BCUT2D eigenvalue weighted by Gasteiger charge is 2.60. The average molecular weight is 977 g/mol. The molecule has 0 saturated heterocycles. The minimum absolute atomic E-state index is 0.0145. The van der Waals surface area contributed by atoms with Gasteiger partial charge in [-0.1, -0.05) is 0 Å². The number of nitrogens with zero attached hydrogens (tertiary/aromatic N) is 7. The lowest BCUT2D eigenvalue weighted by Crippen LogP contribution is -2.44. The number of ether oxygens (including phenoxy) is 6. The van der Waals surface area contributed by atoms with Crippen molar-refractivity contribution in [2.75, 3.05) is 37.1 Å². The van der Waals surface area contributed by atoms with E-state index in [2.05, 4.69) is 30.4 Å². The van der Waals surface area contributed by atoms with Crippen molar-refractivity contribution >= 4 is 23.6 Å². The van der Waals surface area contributed by atoms with Gasteiger partial charge in [0, 0.05) is 36.8 Å². The van der Waals surface area contributed by atoms with Crippen LogP contribution in [0.1, 0.15) is 104 Å². The number of rotatable bonds is 1. The predicted molar refractivity (Wildman–Crippen MR) is 224 cm³/mol. The van der Waals surface area contributed by atoms with Crippen molar-refractivity contribution in [3.8, 4) is 34.9 Å². The van der Waals surface area contributed by atoms with E-state index in [1.807, 2.05) is 0 Å². The van der Waals surface area contributed by atoms with E-state index < -0.39 is 90.2 Å². The maximum atomic E-state index is 14.0. The van der Waals surface area contributed by atoms with Crippen LogP contribution in [0.5, 0.6) is 11.8 Å². The molecule has 0 aliphatic carbocycles. The van der Waals surface area contributed by atoms with E-state index >= 15 is 0 Å². The minimum atomic E-state index is -5.21. The summed E-state index contributed by atoms with van der Waals surface area (Å²) in [5.41, 5.74) is -2.63. The topological polar surface area (TPSA) is 263 Å². The lowest BCUT2D eigenvalue weighted by atomic mass is 9.99. The molecule has 4 aromatic heterocycles. The van der Waals surface area contributed by atoms with Gasteiger partial charge in [0.05, 0.1) is 50.0 Å². The number of aromatic nitrogens is 6. The van der Waals surface area contributed by atoms with E-state index in [-0.39, 0.29) is 72.8 Å². The summed E-state index contributed by atoms with van der Waals surface area (Å²) >= 11 is 0. The summed E-state index contributed by atoms with van der Waals surface area (Å²) in [6, 6.07) is 2.88. The SMILES string of the molecule is Cc1cc(N(C(=O)OC(C)(C)C)C(=O)OC(C)(C)C)c2nc1O[C@H](C)CCOCCC(O)(C(F)(F)F)c1nnc-2o1.Cc1cc(N)c2nc1O[C@H](C)CCOCCC(O)(C(F)(F)F)c1nnc-2o1. The number of hydrogen-bond acceptors (Lipinski definition) is 19.